The average Bonchev–Trinajstić information content (AvgIpc) is 2.68. The molecule has 0 fully saturated rings. The van der Waals surface area contributed by atoms with Gasteiger partial charge in [0.15, 0.2) is 6.61 Å². The van der Waals surface area contributed by atoms with Crippen LogP contribution in [-0.2, 0) is 27.2 Å². The first-order chi connectivity index (χ1) is 13.4. The van der Waals surface area contributed by atoms with E-state index in [1.165, 1.54) is 4.90 Å². The summed E-state index contributed by atoms with van der Waals surface area (Å²) in [6.07, 6.45) is 2.63. The molecule has 2 aromatic rings. The Morgan fingerprint density at radius 2 is 2.00 bits per heavy atom. The van der Waals surface area contributed by atoms with Crippen LogP contribution in [0.25, 0.3) is 10.9 Å². The Kier molecular flexibility index (Phi) is 5.92. The van der Waals surface area contributed by atoms with Gasteiger partial charge >= 0.3 is 5.97 Å². The summed E-state index contributed by atoms with van der Waals surface area (Å²) >= 11 is 0. The molecule has 1 aliphatic rings. The van der Waals surface area contributed by atoms with Gasteiger partial charge in [0.25, 0.3) is 5.91 Å². The summed E-state index contributed by atoms with van der Waals surface area (Å²) in [7, 11) is 3.21. The molecule has 7 nitrogen and oxygen atoms in total. The van der Waals surface area contributed by atoms with Crippen molar-refractivity contribution >= 4 is 28.7 Å². The predicted octanol–water partition coefficient (Wildman–Crippen LogP) is 1.72. The highest BCUT2D eigenvalue weighted by molar-refractivity contribution is 6.05. The summed E-state index contributed by atoms with van der Waals surface area (Å²) in [5.41, 5.74) is 3.11. The number of likely N-dealkylation sites (N-methyl/N-ethyl adjacent to an activating group) is 1. The quantitative estimate of drug-likeness (QED) is 0.795. The van der Waals surface area contributed by atoms with E-state index in [2.05, 4.69) is 12.2 Å². The molecule has 148 valence electrons. The fourth-order valence-electron chi connectivity index (χ4n) is 3.38. The Bertz CT molecular complexity index is 923. The maximum absolute atomic E-state index is 12.9. The first kappa shape index (κ1) is 19.8. The number of carbonyl (C=O) groups is 3. The van der Waals surface area contributed by atoms with Crippen LogP contribution in [0.1, 0.15) is 35.0 Å². The van der Waals surface area contributed by atoms with Gasteiger partial charge in [0.2, 0.25) is 5.91 Å². The van der Waals surface area contributed by atoms with Crippen LogP contribution in [0.5, 0.6) is 0 Å². The van der Waals surface area contributed by atoms with Gasteiger partial charge in [-0.2, -0.15) is 0 Å². The van der Waals surface area contributed by atoms with E-state index in [1.807, 2.05) is 24.3 Å². The minimum absolute atomic E-state index is 0.130. The van der Waals surface area contributed by atoms with Crippen molar-refractivity contribution in [3.05, 3.63) is 41.1 Å². The largest absolute Gasteiger partial charge is 0.452 e. The number of rotatable bonds is 5. The van der Waals surface area contributed by atoms with Gasteiger partial charge in [-0.25, -0.2) is 4.79 Å². The van der Waals surface area contributed by atoms with Crippen molar-refractivity contribution in [1.29, 1.82) is 0 Å². The monoisotopic (exact) mass is 383 g/mol. The molecule has 2 amide bonds. The number of carbonyl (C=O) groups excluding carboxylic acids is 3. The number of para-hydroxylation sites is 1. The normalized spacial score (nSPS) is 15.6. The molecule has 0 unspecified atom stereocenters. The minimum Gasteiger partial charge on any atom is -0.452 e. The van der Waals surface area contributed by atoms with Crippen molar-refractivity contribution in [2.75, 3.05) is 27.2 Å². The number of ether oxygens (including phenoxy) is 1. The molecule has 0 aliphatic heterocycles. The number of amides is 2. The molecular formula is C21H25N3O4. The number of aryl methyl sites for hydroxylation is 1. The molecule has 3 rings (SSSR count). The van der Waals surface area contributed by atoms with Gasteiger partial charge in [-0.3, -0.25) is 14.6 Å². The van der Waals surface area contributed by atoms with Crippen molar-refractivity contribution in [3.8, 4) is 0 Å². The number of pyridine rings is 1. The van der Waals surface area contributed by atoms with Crippen LogP contribution >= 0.6 is 0 Å². The lowest BCUT2D eigenvalue weighted by Gasteiger charge is -2.24. The van der Waals surface area contributed by atoms with Gasteiger partial charge in [0.05, 0.1) is 17.6 Å². The fraction of sp³-hybridized carbons (Fsp3) is 0.429. The molecule has 0 saturated carbocycles. The number of hydrogen-bond acceptors (Lipinski definition) is 5. The number of esters is 1. The zero-order chi connectivity index (χ0) is 20.3. The molecule has 1 aromatic carbocycles. The Labute approximate surface area is 164 Å². The van der Waals surface area contributed by atoms with Crippen LogP contribution in [0.15, 0.2) is 24.3 Å². The Hall–Kier alpha value is -2.96. The Balaban J connectivity index is 1.78. The molecular weight excluding hydrogens is 358 g/mol. The fourth-order valence-corrected chi connectivity index (χ4v) is 3.38. The summed E-state index contributed by atoms with van der Waals surface area (Å²) in [4.78, 5) is 42.5. The van der Waals surface area contributed by atoms with Crippen LogP contribution in [0, 0.1) is 5.92 Å². The average molecular weight is 383 g/mol. The molecule has 1 N–H and O–H groups in total. The molecule has 0 spiro atoms. The Morgan fingerprint density at radius 3 is 2.75 bits per heavy atom. The molecule has 28 heavy (non-hydrogen) atoms. The minimum atomic E-state index is -0.530. The number of aromatic nitrogens is 1. The maximum Gasteiger partial charge on any atom is 0.339 e. The third-order valence-electron chi connectivity index (χ3n) is 4.98. The number of nitrogens with zero attached hydrogens (tertiary/aromatic N) is 2. The van der Waals surface area contributed by atoms with Crippen LogP contribution in [-0.4, -0.2) is 54.9 Å². The maximum atomic E-state index is 12.9. The van der Waals surface area contributed by atoms with Crippen molar-refractivity contribution in [2.24, 2.45) is 5.92 Å². The summed E-state index contributed by atoms with van der Waals surface area (Å²) < 4.78 is 5.29. The van der Waals surface area contributed by atoms with E-state index >= 15 is 0 Å². The van der Waals surface area contributed by atoms with Crippen LogP contribution in [0.3, 0.4) is 0 Å². The van der Waals surface area contributed by atoms with Crippen molar-refractivity contribution in [1.82, 2.24) is 15.2 Å². The van der Waals surface area contributed by atoms with Gasteiger partial charge in [0.1, 0.15) is 0 Å². The van der Waals surface area contributed by atoms with Crippen molar-refractivity contribution < 1.29 is 19.1 Å². The molecule has 7 heteroatoms. The van der Waals surface area contributed by atoms with E-state index in [-0.39, 0.29) is 12.5 Å². The molecule has 0 saturated heterocycles. The molecule has 0 radical (unpaired) electrons. The standard InChI is InChI=1S/C21H25N3O4/c1-13-8-9-17-15(10-13)20(14-6-4-5-7-16(14)23-17)21(27)28-12-18(25)22-11-19(26)24(2)3/h4-7,13H,8-12H2,1-3H3,(H,22,25)/t13-/m1/s1. The number of fused-ring (bicyclic) bond motifs is 2. The highest BCUT2D eigenvalue weighted by Gasteiger charge is 2.26. The van der Waals surface area contributed by atoms with E-state index in [1.54, 1.807) is 14.1 Å². The predicted molar refractivity (Wildman–Crippen MR) is 105 cm³/mol. The number of nitrogens with one attached hydrogen (secondary N) is 1. The number of hydrogen-bond donors (Lipinski definition) is 1. The van der Waals surface area contributed by atoms with E-state index in [9.17, 15) is 14.4 Å². The summed E-state index contributed by atoms with van der Waals surface area (Å²) in [5, 5.41) is 3.20. The van der Waals surface area contributed by atoms with E-state index in [0.29, 0.717) is 11.5 Å². The highest BCUT2D eigenvalue weighted by atomic mass is 16.5. The molecule has 1 aromatic heterocycles. The lowest BCUT2D eigenvalue weighted by atomic mass is 9.84. The molecule has 1 heterocycles. The first-order valence-corrected chi connectivity index (χ1v) is 9.41. The second-order valence-electron chi connectivity index (χ2n) is 7.42. The van der Waals surface area contributed by atoms with E-state index in [4.69, 9.17) is 9.72 Å². The molecule has 1 atom stereocenters. The van der Waals surface area contributed by atoms with Gasteiger partial charge in [0, 0.05) is 25.2 Å². The zero-order valence-corrected chi connectivity index (χ0v) is 16.4. The van der Waals surface area contributed by atoms with Gasteiger partial charge in [-0.1, -0.05) is 25.1 Å². The van der Waals surface area contributed by atoms with Crippen molar-refractivity contribution in [3.63, 3.8) is 0 Å². The van der Waals surface area contributed by atoms with E-state index in [0.717, 1.165) is 41.4 Å². The van der Waals surface area contributed by atoms with Crippen LogP contribution < -0.4 is 5.32 Å². The molecule has 1 aliphatic carbocycles. The molecule has 0 bridgehead atoms. The summed E-state index contributed by atoms with van der Waals surface area (Å²) in [5.74, 6) is -0.813. The third-order valence-corrected chi connectivity index (χ3v) is 4.98. The van der Waals surface area contributed by atoms with Crippen LogP contribution in [0.4, 0.5) is 0 Å². The number of benzene rings is 1. The Morgan fingerprint density at radius 1 is 1.25 bits per heavy atom. The first-order valence-electron chi connectivity index (χ1n) is 9.41. The smallest absolute Gasteiger partial charge is 0.339 e. The lowest BCUT2D eigenvalue weighted by molar-refractivity contribution is -0.131. The SMILES string of the molecule is C[C@@H]1CCc2nc3ccccc3c(C(=O)OCC(=O)NCC(=O)N(C)C)c2C1. The highest BCUT2D eigenvalue weighted by Crippen LogP contribution is 2.31. The van der Waals surface area contributed by atoms with E-state index < -0.39 is 18.5 Å². The lowest BCUT2D eigenvalue weighted by Crippen LogP contribution is -2.38. The second kappa shape index (κ2) is 8.37. The third kappa shape index (κ3) is 4.30. The van der Waals surface area contributed by atoms with Gasteiger partial charge < -0.3 is 15.0 Å². The summed E-state index contributed by atoms with van der Waals surface area (Å²) in [6.45, 7) is 1.59. The van der Waals surface area contributed by atoms with Gasteiger partial charge in [-0.05, 0) is 36.8 Å². The topological polar surface area (TPSA) is 88.6 Å². The second-order valence-corrected chi connectivity index (χ2v) is 7.42. The zero-order valence-electron chi connectivity index (χ0n) is 16.4. The van der Waals surface area contributed by atoms with Gasteiger partial charge in [-0.15, -0.1) is 0 Å². The van der Waals surface area contributed by atoms with Crippen LogP contribution in [0.2, 0.25) is 0 Å². The van der Waals surface area contributed by atoms with Crippen molar-refractivity contribution in [2.45, 2.75) is 26.2 Å². The summed E-state index contributed by atoms with van der Waals surface area (Å²) in [6, 6.07) is 7.48.